The smallest absolute Gasteiger partial charge is 0.231 e. The predicted octanol–water partition coefficient (Wildman–Crippen LogP) is 2.60. The van der Waals surface area contributed by atoms with Crippen molar-refractivity contribution in [3.8, 4) is 23.0 Å². The fraction of sp³-hybridized carbons (Fsp3) is 0.455. The largest absolute Gasteiger partial charge is 0.493 e. The second-order valence-electron chi connectivity index (χ2n) is 7.86. The number of nitrogens with zero attached hydrogens (tertiary/aromatic N) is 1. The maximum Gasteiger partial charge on any atom is 0.231 e. The molecule has 0 aromatic heterocycles. The Morgan fingerprint density at radius 2 is 1.93 bits per heavy atom. The molecule has 0 radical (unpaired) electrons. The van der Waals surface area contributed by atoms with Crippen LogP contribution in [-0.4, -0.2) is 50.3 Å². The van der Waals surface area contributed by atoms with Gasteiger partial charge in [0.05, 0.1) is 32.9 Å². The number of rotatable bonds is 4. The van der Waals surface area contributed by atoms with Gasteiger partial charge in [0.1, 0.15) is 19.1 Å². The summed E-state index contributed by atoms with van der Waals surface area (Å²) in [6.07, 6.45) is 1.87. The van der Waals surface area contributed by atoms with Crippen LogP contribution in [0, 0.1) is 0 Å². The molecule has 2 unspecified atom stereocenters. The third-order valence-electron chi connectivity index (χ3n) is 6.66. The molecule has 0 bridgehead atoms. The first-order valence-electron chi connectivity index (χ1n) is 9.81. The van der Waals surface area contributed by atoms with Gasteiger partial charge >= 0.3 is 0 Å². The Labute approximate surface area is 164 Å². The number of aliphatic hydroxyl groups excluding tert-OH is 1. The van der Waals surface area contributed by atoms with Crippen molar-refractivity contribution in [2.24, 2.45) is 0 Å². The van der Waals surface area contributed by atoms with Crippen LogP contribution in [0.5, 0.6) is 23.0 Å². The van der Waals surface area contributed by atoms with Crippen LogP contribution in [-0.2, 0) is 19.4 Å². The third kappa shape index (κ3) is 2.48. The van der Waals surface area contributed by atoms with Gasteiger partial charge in [-0.3, -0.25) is 0 Å². The van der Waals surface area contributed by atoms with Crippen LogP contribution in [0.25, 0.3) is 0 Å². The minimum absolute atomic E-state index is 0.165. The van der Waals surface area contributed by atoms with Gasteiger partial charge in [0.15, 0.2) is 23.0 Å². The Morgan fingerprint density at radius 1 is 1.11 bits per heavy atom. The molecular weight excluding hydrogens is 358 g/mol. The minimum Gasteiger partial charge on any atom is -0.493 e. The highest BCUT2D eigenvalue weighted by molar-refractivity contribution is 5.54. The number of aliphatic hydroxyl groups is 1. The fourth-order valence-electron chi connectivity index (χ4n) is 5.28. The Hall–Kier alpha value is -2.44. The quantitative estimate of drug-likeness (QED) is 0.822. The summed E-state index contributed by atoms with van der Waals surface area (Å²) >= 11 is 0. The number of fused-ring (bicyclic) bond motifs is 5. The zero-order valence-corrected chi connectivity index (χ0v) is 16.4. The molecule has 0 fully saturated rings. The van der Waals surface area contributed by atoms with Crippen LogP contribution in [0.3, 0.4) is 0 Å². The fourth-order valence-corrected chi connectivity index (χ4v) is 5.28. The minimum atomic E-state index is 0.165. The van der Waals surface area contributed by atoms with Crippen molar-refractivity contribution < 1.29 is 28.5 Å². The van der Waals surface area contributed by atoms with E-state index < -0.39 is 0 Å². The van der Waals surface area contributed by atoms with Gasteiger partial charge in [0, 0.05) is 18.4 Å². The highest BCUT2D eigenvalue weighted by Crippen LogP contribution is 2.50. The van der Waals surface area contributed by atoms with Gasteiger partial charge < -0.3 is 28.5 Å². The normalized spacial score (nSPS) is 24.2. The first kappa shape index (κ1) is 17.6. The van der Waals surface area contributed by atoms with E-state index in [-0.39, 0.29) is 12.6 Å². The number of methoxy groups -OCH3 is 2. The molecule has 6 heteroatoms. The monoisotopic (exact) mass is 384 g/mol. The Morgan fingerprint density at radius 3 is 2.68 bits per heavy atom. The molecule has 0 saturated carbocycles. The van der Waals surface area contributed by atoms with E-state index in [0.717, 1.165) is 60.0 Å². The molecule has 2 atom stereocenters. The standard InChI is InChI=1S/C22H26NO5/c1-25-19-4-3-14-9-18-16-11-21-20(27-13-28-21)10-15(16)5-6-23(18,7-8-24)12-17(14)22(19)26-2/h3-4,10-11,18,24H,5-9,12-13H2,1-2H3/q+1. The number of benzene rings is 2. The molecule has 3 aliphatic rings. The first-order valence-corrected chi connectivity index (χ1v) is 9.81. The maximum absolute atomic E-state index is 9.91. The number of hydrogen-bond acceptors (Lipinski definition) is 5. The van der Waals surface area contributed by atoms with Gasteiger partial charge in [-0.15, -0.1) is 0 Å². The van der Waals surface area contributed by atoms with E-state index in [2.05, 4.69) is 18.2 Å². The molecule has 2 aromatic carbocycles. The molecule has 6 nitrogen and oxygen atoms in total. The van der Waals surface area contributed by atoms with E-state index >= 15 is 0 Å². The average molecular weight is 384 g/mol. The zero-order valence-electron chi connectivity index (χ0n) is 16.4. The Balaban J connectivity index is 1.64. The lowest BCUT2D eigenvalue weighted by atomic mass is 9.81. The first-order chi connectivity index (χ1) is 13.7. The lowest BCUT2D eigenvalue weighted by molar-refractivity contribution is -0.973. The van der Waals surface area contributed by atoms with Gasteiger partial charge in [-0.1, -0.05) is 6.07 Å². The number of hydrogen-bond donors (Lipinski definition) is 1. The van der Waals surface area contributed by atoms with E-state index in [4.69, 9.17) is 18.9 Å². The molecule has 0 amide bonds. The molecule has 1 N–H and O–H groups in total. The topological polar surface area (TPSA) is 57.2 Å². The van der Waals surface area contributed by atoms with Crippen molar-refractivity contribution in [2.45, 2.75) is 25.4 Å². The molecular formula is C22H26NO5+. The molecule has 0 saturated heterocycles. The van der Waals surface area contributed by atoms with Crippen molar-refractivity contribution in [3.05, 3.63) is 46.5 Å². The Bertz CT molecular complexity index is 928. The van der Waals surface area contributed by atoms with Crippen molar-refractivity contribution in [1.82, 2.24) is 0 Å². The van der Waals surface area contributed by atoms with Crippen LogP contribution in [0.15, 0.2) is 24.3 Å². The molecule has 3 heterocycles. The molecule has 5 rings (SSSR count). The summed E-state index contributed by atoms with van der Waals surface area (Å²) in [5, 5.41) is 9.91. The summed E-state index contributed by atoms with van der Waals surface area (Å²) in [6.45, 7) is 2.99. The van der Waals surface area contributed by atoms with Crippen LogP contribution >= 0.6 is 0 Å². The van der Waals surface area contributed by atoms with Gasteiger partial charge in [0.2, 0.25) is 6.79 Å². The van der Waals surface area contributed by atoms with E-state index in [1.54, 1.807) is 14.2 Å². The zero-order chi connectivity index (χ0) is 19.3. The number of ether oxygens (including phenoxy) is 4. The third-order valence-corrected chi connectivity index (χ3v) is 6.66. The summed E-state index contributed by atoms with van der Waals surface area (Å²) in [5.74, 6) is 3.28. The summed E-state index contributed by atoms with van der Waals surface area (Å²) in [4.78, 5) is 0. The summed E-state index contributed by atoms with van der Waals surface area (Å²) in [6, 6.07) is 8.75. The van der Waals surface area contributed by atoms with Gasteiger partial charge in [-0.25, -0.2) is 0 Å². The summed E-state index contributed by atoms with van der Waals surface area (Å²) in [5.41, 5.74) is 5.16. The Kier molecular flexibility index (Phi) is 4.14. The van der Waals surface area contributed by atoms with Gasteiger partial charge in [-0.2, -0.15) is 0 Å². The van der Waals surface area contributed by atoms with Crippen molar-refractivity contribution >= 4 is 0 Å². The summed E-state index contributed by atoms with van der Waals surface area (Å²) in [7, 11) is 3.38. The van der Waals surface area contributed by atoms with Crippen LogP contribution in [0.4, 0.5) is 0 Å². The van der Waals surface area contributed by atoms with Crippen LogP contribution in [0.2, 0.25) is 0 Å². The lowest BCUT2D eigenvalue weighted by Gasteiger charge is -2.51. The summed E-state index contributed by atoms with van der Waals surface area (Å²) < 4.78 is 23.3. The van der Waals surface area contributed by atoms with Gasteiger partial charge in [0.25, 0.3) is 0 Å². The molecule has 28 heavy (non-hydrogen) atoms. The van der Waals surface area contributed by atoms with E-state index in [0.29, 0.717) is 6.79 Å². The van der Waals surface area contributed by atoms with Gasteiger partial charge in [-0.05, 0) is 29.3 Å². The second-order valence-corrected chi connectivity index (χ2v) is 7.86. The van der Waals surface area contributed by atoms with Crippen molar-refractivity contribution in [1.29, 1.82) is 0 Å². The SMILES string of the molecule is COc1ccc2c(c1OC)C[N+]1(CCO)CCc3cc4c(cc3C1C2)OCO4. The lowest BCUT2D eigenvalue weighted by Crippen LogP contribution is -2.57. The number of quaternary nitrogens is 1. The molecule has 0 aliphatic carbocycles. The van der Waals surface area contributed by atoms with Crippen LogP contribution in [0.1, 0.15) is 28.3 Å². The highest BCUT2D eigenvalue weighted by Gasteiger charge is 2.47. The van der Waals surface area contributed by atoms with Crippen molar-refractivity contribution in [3.63, 3.8) is 0 Å². The van der Waals surface area contributed by atoms with Crippen LogP contribution < -0.4 is 18.9 Å². The second kappa shape index (κ2) is 6.57. The van der Waals surface area contributed by atoms with E-state index in [1.165, 1.54) is 22.3 Å². The average Bonchev–Trinajstić information content (AvgIpc) is 3.17. The van der Waals surface area contributed by atoms with Crippen molar-refractivity contribution in [2.75, 3.05) is 40.7 Å². The van der Waals surface area contributed by atoms with E-state index in [1.807, 2.05) is 6.07 Å². The molecule has 2 aromatic rings. The highest BCUT2D eigenvalue weighted by atomic mass is 16.7. The molecule has 148 valence electrons. The molecule has 3 aliphatic heterocycles. The predicted molar refractivity (Wildman–Crippen MR) is 103 cm³/mol. The maximum atomic E-state index is 9.91. The molecule has 0 spiro atoms. The van der Waals surface area contributed by atoms with E-state index in [9.17, 15) is 5.11 Å².